The molecular weight excluding hydrogens is 348 g/mol. The molecule has 0 aliphatic carbocycles. The van der Waals surface area contributed by atoms with Crippen LogP contribution in [-0.4, -0.2) is 46.1 Å². The first-order valence-corrected chi connectivity index (χ1v) is 8.79. The molecule has 1 aliphatic rings. The van der Waals surface area contributed by atoms with Crippen molar-refractivity contribution in [1.82, 2.24) is 24.5 Å². The van der Waals surface area contributed by atoms with Gasteiger partial charge in [-0.15, -0.1) is 10.2 Å². The molecule has 3 aromatic heterocycles. The van der Waals surface area contributed by atoms with E-state index in [1.165, 1.54) is 4.90 Å². The van der Waals surface area contributed by atoms with Gasteiger partial charge in [0.1, 0.15) is 6.33 Å². The normalized spacial score (nSPS) is 15.1. The first kappa shape index (κ1) is 16.7. The Kier molecular flexibility index (Phi) is 3.62. The summed E-state index contributed by atoms with van der Waals surface area (Å²) in [6, 6.07) is 17.1. The molecule has 1 aromatic carbocycles. The maximum Gasteiger partial charge on any atom is 0.255 e. The lowest BCUT2D eigenvalue weighted by Crippen LogP contribution is -2.44. The van der Waals surface area contributed by atoms with Crippen LogP contribution in [0.5, 0.6) is 0 Å². The van der Waals surface area contributed by atoms with E-state index >= 15 is 0 Å². The number of amides is 1. The summed E-state index contributed by atoms with van der Waals surface area (Å²) in [5.74, 6) is -0.216. The number of pyridine rings is 2. The van der Waals surface area contributed by atoms with Crippen LogP contribution in [0.4, 0.5) is 0 Å². The summed E-state index contributed by atoms with van der Waals surface area (Å²) < 4.78 is 1.92. The molecule has 0 unspecified atom stereocenters. The Labute approximate surface area is 164 Å². The average Bonchev–Trinajstić information content (AvgIpc) is 3.27. The van der Waals surface area contributed by atoms with Crippen LogP contribution < -0.4 is 0 Å². The molecule has 0 fully saturated rings. The number of fused-ring (bicyclic) bond motifs is 2. The summed E-state index contributed by atoms with van der Waals surface area (Å²) in [4.78, 5) is 18.4. The third kappa shape index (κ3) is 2.45. The summed E-state index contributed by atoms with van der Waals surface area (Å²) in [6.07, 6.45) is 3.27. The van der Waals surface area contributed by atoms with Gasteiger partial charge in [0.05, 0.1) is 32.6 Å². The molecule has 5 rings (SSSR count). The number of hydrogen-bond donors (Lipinski definition) is 0. The molecule has 1 aliphatic heterocycles. The molecule has 0 saturated carbocycles. The lowest BCUT2D eigenvalue weighted by atomic mass is 9.59. The fourth-order valence-electron chi connectivity index (χ4n) is 3.59. The molecule has 130 valence electrons. The number of rotatable bonds is 3. The number of hydrogen-bond acceptors (Lipinski definition) is 4. The number of nitrogens with zero attached hydrogens (tertiary/aromatic N) is 5. The van der Waals surface area contributed by atoms with Gasteiger partial charge in [-0.1, -0.05) is 30.3 Å². The van der Waals surface area contributed by atoms with Crippen LogP contribution in [0.15, 0.2) is 67.1 Å². The average molecular weight is 361 g/mol. The molecule has 0 N–H and O–H groups in total. The summed E-state index contributed by atoms with van der Waals surface area (Å²) in [5, 5.41) is 6.59. The highest BCUT2D eigenvalue weighted by molar-refractivity contribution is 6.42. The molecule has 0 saturated heterocycles. The van der Waals surface area contributed by atoms with Crippen molar-refractivity contribution in [3.8, 4) is 11.3 Å². The van der Waals surface area contributed by atoms with Crippen LogP contribution in [-0.2, 0) is 11.9 Å². The third-order valence-electron chi connectivity index (χ3n) is 5.03. The van der Waals surface area contributed by atoms with E-state index in [1.54, 1.807) is 24.7 Å². The van der Waals surface area contributed by atoms with Gasteiger partial charge in [0, 0.05) is 18.1 Å². The highest BCUT2D eigenvalue weighted by Crippen LogP contribution is 2.34. The van der Waals surface area contributed by atoms with Crippen LogP contribution in [0.25, 0.3) is 16.9 Å². The molecule has 1 amide bonds. The molecule has 4 radical (unpaired) electrons. The maximum absolute atomic E-state index is 12.7. The minimum absolute atomic E-state index is 0.216. The number of carbonyl (C=O) groups excluding carboxylic acids is 1. The van der Waals surface area contributed by atoms with Gasteiger partial charge in [-0.3, -0.25) is 14.2 Å². The van der Waals surface area contributed by atoms with Crippen molar-refractivity contribution in [2.24, 2.45) is 0 Å². The fraction of sp³-hybridized carbons (Fsp3) is 0.100. The zero-order chi connectivity index (χ0) is 19.3. The van der Waals surface area contributed by atoms with Gasteiger partial charge in [-0.25, -0.2) is 0 Å². The number of aromatic nitrogens is 4. The second kappa shape index (κ2) is 6.05. The van der Waals surface area contributed by atoms with Crippen LogP contribution in [0.1, 0.15) is 21.6 Å². The zero-order valence-electron chi connectivity index (χ0n) is 14.9. The predicted octanol–water partition coefficient (Wildman–Crippen LogP) is 1.89. The van der Waals surface area contributed by atoms with Crippen molar-refractivity contribution in [2.45, 2.75) is 11.9 Å². The first-order chi connectivity index (χ1) is 13.6. The van der Waals surface area contributed by atoms with Crippen LogP contribution in [0.2, 0.25) is 0 Å². The Morgan fingerprint density at radius 3 is 2.61 bits per heavy atom. The summed E-state index contributed by atoms with van der Waals surface area (Å²) in [6.45, 7) is 0.291. The monoisotopic (exact) mass is 361 g/mol. The van der Waals surface area contributed by atoms with E-state index in [1.807, 2.05) is 46.9 Å². The van der Waals surface area contributed by atoms with Gasteiger partial charge >= 0.3 is 0 Å². The molecular formula is C20H13B2N5O. The van der Waals surface area contributed by atoms with Gasteiger partial charge in [0.25, 0.3) is 5.91 Å². The first-order valence-electron chi connectivity index (χ1n) is 8.79. The minimum Gasteiger partial charge on any atom is -0.340 e. The fourth-order valence-corrected chi connectivity index (χ4v) is 3.59. The van der Waals surface area contributed by atoms with E-state index in [4.69, 9.17) is 15.7 Å². The van der Waals surface area contributed by atoms with Gasteiger partial charge in [0.2, 0.25) is 0 Å². The van der Waals surface area contributed by atoms with Gasteiger partial charge in [-0.05, 0) is 35.4 Å². The van der Waals surface area contributed by atoms with Crippen molar-refractivity contribution in [3.05, 3.63) is 83.9 Å². The van der Waals surface area contributed by atoms with E-state index in [2.05, 4.69) is 15.2 Å². The summed E-state index contributed by atoms with van der Waals surface area (Å²) >= 11 is 0. The maximum atomic E-state index is 12.7. The molecule has 28 heavy (non-hydrogen) atoms. The van der Waals surface area contributed by atoms with Crippen LogP contribution in [0.3, 0.4) is 0 Å². The molecule has 4 aromatic rings. The van der Waals surface area contributed by atoms with Crippen molar-refractivity contribution >= 4 is 27.2 Å². The lowest BCUT2D eigenvalue weighted by molar-refractivity contribution is 0.0731. The van der Waals surface area contributed by atoms with E-state index in [-0.39, 0.29) is 5.91 Å². The molecule has 0 spiro atoms. The van der Waals surface area contributed by atoms with Crippen LogP contribution in [0, 0.1) is 0 Å². The van der Waals surface area contributed by atoms with E-state index in [9.17, 15) is 4.79 Å². The topological polar surface area (TPSA) is 63.4 Å². The van der Waals surface area contributed by atoms with E-state index in [0.717, 1.165) is 22.5 Å². The SMILES string of the molecule is [B]C1([B])c2ncccc2C(=O)N1Cc1ccc(-c2cccc3nncn23)cc1. The molecule has 4 heterocycles. The van der Waals surface area contributed by atoms with E-state index in [0.29, 0.717) is 17.8 Å². The Hall–Kier alpha value is -3.41. The van der Waals surface area contributed by atoms with Gasteiger partial charge in [0.15, 0.2) is 5.65 Å². The van der Waals surface area contributed by atoms with Crippen LogP contribution >= 0.6 is 0 Å². The highest BCUT2D eigenvalue weighted by Gasteiger charge is 2.42. The predicted molar refractivity (Wildman–Crippen MR) is 106 cm³/mol. The van der Waals surface area contributed by atoms with Crippen molar-refractivity contribution in [1.29, 1.82) is 0 Å². The second-order valence-electron chi connectivity index (χ2n) is 6.78. The second-order valence-corrected chi connectivity index (χ2v) is 6.78. The van der Waals surface area contributed by atoms with Gasteiger partial charge < -0.3 is 4.90 Å². The Bertz CT molecular complexity index is 1200. The summed E-state index contributed by atoms with van der Waals surface area (Å²) in [5.41, 5.74) is 4.54. The smallest absolute Gasteiger partial charge is 0.255 e. The Morgan fingerprint density at radius 1 is 1.00 bits per heavy atom. The van der Waals surface area contributed by atoms with Crippen molar-refractivity contribution in [2.75, 3.05) is 0 Å². The molecule has 6 nitrogen and oxygen atoms in total. The standard InChI is InChI=1S/C20H13B2N5O/c21-20(22)18-15(3-2-10-23-18)19(28)27(20)11-13-6-8-14(9-7-13)16-4-1-5-17-25-24-12-26(16)17/h1-10,12H,11H2. The highest BCUT2D eigenvalue weighted by atomic mass is 16.2. The minimum atomic E-state index is -1.43. The number of benzene rings is 1. The number of carbonyl (C=O) groups is 1. The molecule has 0 bridgehead atoms. The Morgan fingerprint density at radius 2 is 1.82 bits per heavy atom. The molecule has 0 atom stereocenters. The summed E-state index contributed by atoms with van der Waals surface area (Å²) in [7, 11) is 12.5. The molecule has 8 heteroatoms. The quantitative estimate of drug-likeness (QED) is 0.523. The van der Waals surface area contributed by atoms with E-state index < -0.39 is 5.34 Å². The largest absolute Gasteiger partial charge is 0.340 e. The Balaban J connectivity index is 1.45. The lowest BCUT2D eigenvalue weighted by Gasteiger charge is -2.33. The van der Waals surface area contributed by atoms with Gasteiger partial charge in [-0.2, -0.15) is 0 Å². The van der Waals surface area contributed by atoms with Crippen molar-refractivity contribution in [3.63, 3.8) is 0 Å². The van der Waals surface area contributed by atoms with Crippen molar-refractivity contribution < 1.29 is 4.79 Å². The zero-order valence-corrected chi connectivity index (χ0v) is 14.9. The third-order valence-corrected chi connectivity index (χ3v) is 5.03.